The fourth-order valence-electron chi connectivity index (χ4n) is 3.96. The SMILES string of the molecule is CCOC(=O)C1=C(C)NC2=C(C(=O)CC(C)(C)C2)[C@H]1c1cc(I)ccc1F. The molecule has 6 heteroatoms. The first-order chi connectivity index (χ1) is 12.6. The van der Waals surface area contributed by atoms with Gasteiger partial charge in [0.1, 0.15) is 5.82 Å². The van der Waals surface area contributed by atoms with Gasteiger partial charge in [0.05, 0.1) is 18.1 Å². The van der Waals surface area contributed by atoms with Crippen molar-refractivity contribution in [3.8, 4) is 0 Å². The lowest BCUT2D eigenvalue weighted by Crippen LogP contribution is -2.39. The number of hydrogen-bond donors (Lipinski definition) is 1. The van der Waals surface area contributed by atoms with Crippen LogP contribution in [0.25, 0.3) is 0 Å². The third-order valence-electron chi connectivity index (χ3n) is 5.00. The van der Waals surface area contributed by atoms with E-state index in [2.05, 4.69) is 27.9 Å². The summed E-state index contributed by atoms with van der Waals surface area (Å²) in [5.74, 6) is -1.75. The van der Waals surface area contributed by atoms with E-state index in [1.165, 1.54) is 6.07 Å². The maximum atomic E-state index is 14.8. The minimum Gasteiger partial charge on any atom is -0.463 e. The van der Waals surface area contributed by atoms with Crippen molar-refractivity contribution in [1.29, 1.82) is 0 Å². The topological polar surface area (TPSA) is 55.4 Å². The zero-order valence-electron chi connectivity index (χ0n) is 15.9. The number of ketones is 1. The van der Waals surface area contributed by atoms with E-state index in [1.54, 1.807) is 26.0 Å². The maximum Gasteiger partial charge on any atom is 0.336 e. The van der Waals surface area contributed by atoms with Crippen LogP contribution in [0.3, 0.4) is 0 Å². The Morgan fingerprint density at radius 1 is 1.37 bits per heavy atom. The number of rotatable bonds is 3. The molecule has 1 aromatic rings. The van der Waals surface area contributed by atoms with Crippen LogP contribution in [-0.4, -0.2) is 18.4 Å². The van der Waals surface area contributed by atoms with Gasteiger partial charge in [0.25, 0.3) is 0 Å². The summed E-state index contributed by atoms with van der Waals surface area (Å²) in [6, 6.07) is 4.76. The number of dihydropyridines is 1. The van der Waals surface area contributed by atoms with E-state index in [0.29, 0.717) is 35.2 Å². The zero-order valence-corrected chi connectivity index (χ0v) is 18.1. The lowest BCUT2D eigenvalue weighted by molar-refractivity contribution is -0.138. The Bertz CT molecular complexity index is 885. The number of nitrogens with one attached hydrogen (secondary N) is 1. The normalized spacial score (nSPS) is 21.7. The molecule has 4 nitrogen and oxygen atoms in total. The Morgan fingerprint density at radius 2 is 2.07 bits per heavy atom. The van der Waals surface area contributed by atoms with Crippen LogP contribution in [0, 0.1) is 14.8 Å². The number of allylic oxidation sites excluding steroid dienone is 3. The number of benzene rings is 1. The van der Waals surface area contributed by atoms with Crippen LogP contribution in [0.4, 0.5) is 4.39 Å². The minimum atomic E-state index is -0.751. The molecule has 0 saturated heterocycles. The molecule has 1 aliphatic carbocycles. The van der Waals surface area contributed by atoms with E-state index < -0.39 is 17.7 Å². The Labute approximate surface area is 172 Å². The summed E-state index contributed by atoms with van der Waals surface area (Å²) in [4.78, 5) is 25.8. The summed E-state index contributed by atoms with van der Waals surface area (Å²) < 4.78 is 20.9. The van der Waals surface area contributed by atoms with Crippen molar-refractivity contribution >= 4 is 34.3 Å². The van der Waals surface area contributed by atoms with Crippen molar-refractivity contribution in [1.82, 2.24) is 5.32 Å². The number of Topliss-reactive ketones (excluding diaryl/α,β-unsaturated/α-hetero) is 1. The van der Waals surface area contributed by atoms with Crippen LogP contribution in [0.1, 0.15) is 52.0 Å². The van der Waals surface area contributed by atoms with E-state index in [0.717, 1.165) is 9.27 Å². The van der Waals surface area contributed by atoms with Gasteiger partial charge in [-0.15, -0.1) is 0 Å². The Hall–Kier alpha value is -1.70. The van der Waals surface area contributed by atoms with Crippen LogP contribution in [0.5, 0.6) is 0 Å². The minimum absolute atomic E-state index is 0.0497. The summed E-state index contributed by atoms with van der Waals surface area (Å²) in [5, 5.41) is 3.24. The molecule has 0 unspecified atom stereocenters. The smallest absolute Gasteiger partial charge is 0.336 e. The molecule has 144 valence electrons. The largest absolute Gasteiger partial charge is 0.463 e. The molecule has 0 spiro atoms. The van der Waals surface area contributed by atoms with Crippen molar-refractivity contribution in [3.63, 3.8) is 0 Å². The molecule has 27 heavy (non-hydrogen) atoms. The van der Waals surface area contributed by atoms with Crippen LogP contribution in [0.2, 0.25) is 0 Å². The molecule has 0 radical (unpaired) electrons. The van der Waals surface area contributed by atoms with Crippen molar-refractivity contribution in [2.24, 2.45) is 5.41 Å². The highest BCUT2D eigenvalue weighted by atomic mass is 127. The molecule has 3 rings (SSSR count). The third kappa shape index (κ3) is 3.81. The van der Waals surface area contributed by atoms with Gasteiger partial charge in [-0.1, -0.05) is 13.8 Å². The first-order valence-corrected chi connectivity index (χ1v) is 10.1. The number of ether oxygens (including phenoxy) is 1. The van der Waals surface area contributed by atoms with Crippen LogP contribution in [0.15, 0.2) is 40.7 Å². The fourth-order valence-corrected chi connectivity index (χ4v) is 4.48. The monoisotopic (exact) mass is 483 g/mol. The van der Waals surface area contributed by atoms with E-state index in [9.17, 15) is 14.0 Å². The Kier molecular flexibility index (Phi) is 5.47. The standard InChI is InChI=1S/C21H23FINO3/c1-5-27-20(26)17-11(2)24-15-9-21(3,4)10-16(25)19(15)18(17)13-8-12(23)6-7-14(13)22/h6-8,18,24H,5,9-10H2,1-4H3/t18-/m0/s1. The van der Waals surface area contributed by atoms with Gasteiger partial charge in [-0.05, 0) is 66.5 Å². The highest BCUT2D eigenvalue weighted by Crippen LogP contribution is 2.47. The molecule has 1 aromatic carbocycles. The molecule has 1 heterocycles. The molecule has 0 aromatic heterocycles. The molecule has 1 atom stereocenters. The molecule has 2 aliphatic rings. The average Bonchev–Trinajstić information content (AvgIpc) is 2.54. The molecule has 0 amide bonds. The summed E-state index contributed by atoms with van der Waals surface area (Å²) in [6.45, 7) is 7.80. The number of hydrogen-bond acceptors (Lipinski definition) is 4. The summed E-state index contributed by atoms with van der Waals surface area (Å²) in [5.41, 5.74) is 2.35. The first kappa shape index (κ1) is 20.0. The predicted octanol–water partition coefficient (Wildman–Crippen LogP) is 4.60. The van der Waals surface area contributed by atoms with Gasteiger partial charge in [-0.25, -0.2) is 9.18 Å². The lowest BCUT2D eigenvalue weighted by atomic mass is 9.68. The van der Waals surface area contributed by atoms with Gasteiger partial charge in [-0.3, -0.25) is 4.79 Å². The van der Waals surface area contributed by atoms with Crippen LogP contribution in [-0.2, 0) is 14.3 Å². The van der Waals surface area contributed by atoms with Gasteiger partial charge in [0, 0.05) is 32.5 Å². The van der Waals surface area contributed by atoms with E-state index >= 15 is 0 Å². The number of carbonyl (C=O) groups excluding carboxylic acids is 2. The molecular formula is C21H23FINO3. The maximum absolute atomic E-state index is 14.8. The number of halogens is 2. The van der Waals surface area contributed by atoms with Gasteiger partial charge >= 0.3 is 5.97 Å². The van der Waals surface area contributed by atoms with Crippen LogP contribution >= 0.6 is 22.6 Å². The predicted molar refractivity (Wildman–Crippen MR) is 109 cm³/mol. The summed E-state index contributed by atoms with van der Waals surface area (Å²) >= 11 is 2.11. The molecule has 0 bridgehead atoms. The molecule has 1 aliphatic heterocycles. The molecule has 0 fully saturated rings. The van der Waals surface area contributed by atoms with Gasteiger partial charge in [0.2, 0.25) is 0 Å². The second-order valence-corrected chi connectivity index (χ2v) is 9.06. The quantitative estimate of drug-likeness (QED) is 0.505. The summed E-state index contributed by atoms with van der Waals surface area (Å²) in [7, 11) is 0. The van der Waals surface area contributed by atoms with Crippen molar-refractivity contribution < 1.29 is 18.7 Å². The highest BCUT2D eigenvalue weighted by molar-refractivity contribution is 14.1. The van der Waals surface area contributed by atoms with Crippen molar-refractivity contribution in [3.05, 3.63) is 55.7 Å². The van der Waals surface area contributed by atoms with E-state index in [-0.39, 0.29) is 17.8 Å². The third-order valence-corrected chi connectivity index (χ3v) is 5.68. The van der Waals surface area contributed by atoms with Crippen LogP contribution < -0.4 is 5.32 Å². The second kappa shape index (κ2) is 7.37. The van der Waals surface area contributed by atoms with Crippen molar-refractivity contribution in [2.45, 2.75) is 46.5 Å². The molecule has 1 N–H and O–H groups in total. The molecular weight excluding hydrogens is 460 g/mol. The first-order valence-electron chi connectivity index (χ1n) is 9.00. The second-order valence-electron chi connectivity index (χ2n) is 7.82. The Balaban J connectivity index is 2.24. The molecule has 0 saturated carbocycles. The van der Waals surface area contributed by atoms with Crippen molar-refractivity contribution in [2.75, 3.05) is 6.61 Å². The van der Waals surface area contributed by atoms with Gasteiger partial charge < -0.3 is 10.1 Å². The van der Waals surface area contributed by atoms with E-state index in [1.807, 2.05) is 13.8 Å². The highest BCUT2D eigenvalue weighted by Gasteiger charge is 2.43. The average molecular weight is 483 g/mol. The fraction of sp³-hybridized carbons (Fsp3) is 0.429. The number of esters is 1. The number of carbonyl (C=O) groups is 2. The van der Waals surface area contributed by atoms with Gasteiger partial charge in [-0.2, -0.15) is 0 Å². The summed E-state index contributed by atoms with van der Waals surface area (Å²) in [6.07, 6.45) is 1.04. The van der Waals surface area contributed by atoms with E-state index in [4.69, 9.17) is 4.74 Å². The van der Waals surface area contributed by atoms with Gasteiger partial charge in [0.15, 0.2) is 5.78 Å². The lowest BCUT2D eigenvalue weighted by Gasteiger charge is -2.39. The Morgan fingerprint density at radius 3 is 2.74 bits per heavy atom. The zero-order chi connectivity index (χ0) is 19.9.